The van der Waals surface area contributed by atoms with E-state index in [1.54, 1.807) is 24.0 Å². The van der Waals surface area contributed by atoms with Crippen LogP contribution in [0.15, 0.2) is 29.3 Å². The van der Waals surface area contributed by atoms with E-state index in [2.05, 4.69) is 10.2 Å². The van der Waals surface area contributed by atoms with Gasteiger partial charge in [0, 0.05) is 21.8 Å². The fraction of sp³-hybridized carbons (Fsp3) is 0.100. The molecule has 0 amide bonds. The third kappa shape index (κ3) is 1.07. The highest BCUT2D eigenvalue weighted by Crippen LogP contribution is 2.40. The Morgan fingerprint density at radius 1 is 1.43 bits per heavy atom. The minimum absolute atomic E-state index is 0.202. The normalized spacial score (nSPS) is 13.5. The fourth-order valence-corrected chi connectivity index (χ4v) is 2.64. The Labute approximate surface area is 84.5 Å². The highest BCUT2D eigenvalue weighted by atomic mass is 32.2. The second-order valence-corrected chi connectivity index (χ2v) is 4.22. The highest BCUT2D eigenvalue weighted by molar-refractivity contribution is 7.98. The molecule has 0 aliphatic carbocycles. The van der Waals surface area contributed by atoms with Crippen molar-refractivity contribution >= 4 is 11.8 Å². The van der Waals surface area contributed by atoms with Crippen molar-refractivity contribution in [3.8, 4) is 11.3 Å². The second-order valence-electron chi connectivity index (χ2n) is 3.20. The summed E-state index contributed by atoms with van der Waals surface area (Å²) in [5.74, 6) is 0.705. The molecule has 14 heavy (non-hydrogen) atoms. The molecule has 0 radical (unpaired) electrons. The van der Waals surface area contributed by atoms with E-state index in [-0.39, 0.29) is 5.82 Å². The van der Waals surface area contributed by atoms with Crippen molar-refractivity contribution in [1.29, 1.82) is 0 Å². The molecule has 2 nitrogen and oxygen atoms in total. The van der Waals surface area contributed by atoms with Gasteiger partial charge in [-0.3, -0.25) is 5.10 Å². The quantitative estimate of drug-likeness (QED) is 0.718. The number of halogens is 1. The molecule has 1 aliphatic heterocycles. The van der Waals surface area contributed by atoms with Gasteiger partial charge in [-0.05, 0) is 18.2 Å². The molecule has 0 unspecified atom stereocenters. The first-order valence-corrected chi connectivity index (χ1v) is 5.28. The molecule has 0 fully saturated rings. The first-order chi connectivity index (χ1) is 6.84. The molecule has 70 valence electrons. The van der Waals surface area contributed by atoms with Crippen LogP contribution in [0.4, 0.5) is 4.39 Å². The zero-order valence-electron chi connectivity index (χ0n) is 7.25. The summed E-state index contributed by atoms with van der Waals surface area (Å²) in [6.07, 6.45) is 1.80. The fourth-order valence-electron chi connectivity index (χ4n) is 1.63. The van der Waals surface area contributed by atoms with Crippen molar-refractivity contribution in [2.45, 2.75) is 10.6 Å². The lowest BCUT2D eigenvalue weighted by Crippen LogP contribution is -1.94. The summed E-state index contributed by atoms with van der Waals surface area (Å²) in [5.41, 5.74) is 3.03. The summed E-state index contributed by atoms with van der Waals surface area (Å²) in [7, 11) is 0. The Morgan fingerprint density at radius 3 is 3.29 bits per heavy atom. The monoisotopic (exact) mass is 206 g/mol. The van der Waals surface area contributed by atoms with Crippen molar-refractivity contribution in [3.05, 3.63) is 35.8 Å². The molecule has 0 atom stereocenters. The van der Waals surface area contributed by atoms with Crippen LogP contribution in [0.1, 0.15) is 5.56 Å². The van der Waals surface area contributed by atoms with E-state index in [9.17, 15) is 4.39 Å². The minimum Gasteiger partial charge on any atom is -0.277 e. The number of H-pyrrole nitrogens is 1. The molecule has 1 aliphatic rings. The Hall–Kier alpha value is -1.29. The third-order valence-corrected chi connectivity index (χ3v) is 3.43. The molecular weight excluding hydrogens is 199 g/mol. The molecule has 2 heterocycles. The van der Waals surface area contributed by atoms with E-state index in [0.717, 1.165) is 27.5 Å². The topological polar surface area (TPSA) is 28.7 Å². The van der Waals surface area contributed by atoms with Gasteiger partial charge in [-0.15, -0.1) is 11.8 Å². The predicted molar refractivity (Wildman–Crippen MR) is 53.5 cm³/mol. The van der Waals surface area contributed by atoms with Crippen molar-refractivity contribution < 1.29 is 4.39 Å². The molecule has 0 saturated carbocycles. The Kier molecular flexibility index (Phi) is 1.64. The first kappa shape index (κ1) is 8.05. The van der Waals surface area contributed by atoms with Crippen LogP contribution in [0.25, 0.3) is 11.3 Å². The standard InChI is InChI=1S/C10H7FN2S/c11-7-1-2-9-8(3-7)10-6(5-14-9)4-12-13-10/h1-4H,5H2,(H,12,13). The minimum atomic E-state index is -0.202. The molecule has 1 aromatic carbocycles. The Morgan fingerprint density at radius 2 is 2.36 bits per heavy atom. The number of thioether (sulfide) groups is 1. The third-order valence-electron chi connectivity index (χ3n) is 2.31. The van der Waals surface area contributed by atoms with Crippen molar-refractivity contribution in [2.75, 3.05) is 0 Å². The van der Waals surface area contributed by atoms with E-state index >= 15 is 0 Å². The van der Waals surface area contributed by atoms with E-state index < -0.39 is 0 Å². The van der Waals surface area contributed by atoms with Crippen LogP contribution in [0.5, 0.6) is 0 Å². The lowest BCUT2D eigenvalue weighted by Gasteiger charge is -2.14. The number of fused-ring (bicyclic) bond motifs is 3. The zero-order chi connectivity index (χ0) is 9.54. The van der Waals surface area contributed by atoms with Crippen LogP contribution in [-0.2, 0) is 5.75 Å². The molecule has 2 aromatic rings. The molecule has 3 rings (SSSR count). The van der Waals surface area contributed by atoms with Gasteiger partial charge in [0.2, 0.25) is 0 Å². The van der Waals surface area contributed by atoms with Crippen molar-refractivity contribution in [3.63, 3.8) is 0 Å². The Bertz CT molecular complexity index is 493. The molecule has 0 spiro atoms. The van der Waals surface area contributed by atoms with Crippen LogP contribution in [0.3, 0.4) is 0 Å². The smallest absolute Gasteiger partial charge is 0.123 e. The van der Waals surface area contributed by atoms with Gasteiger partial charge in [0.05, 0.1) is 11.9 Å². The summed E-state index contributed by atoms with van der Waals surface area (Å²) < 4.78 is 13.1. The van der Waals surface area contributed by atoms with E-state index in [0.29, 0.717) is 0 Å². The van der Waals surface area contributed by atoms with Crippen molar-refractivity contribution in [2.24, 2.45) is 0 Å². The van der Waals surface area contributed by atoms with E-state index in [1.165, 1.54) is 6.07 Å². The summed E-state index contributed by atoms with van der Waals surface area (Å²) in [5, 5.41) is 6.88. The molecule has 0 saturated heterocycles. The first-order valence-electron chi connectivity index (χ1n) is 4.29. The molecular formula is C10H7FN2S. The number of nitrogens with zero attached hydrogens (tertiary/aromatic N) is 1. The van der Waals surface area contributed by atoms with Gasteiger partial charge in [0.25, 0.3) is 0 Å². The largest absolute Gasteiger partial charge is 0.277 e. The average molecular weight is 206 g/mol. The lowest BCUT2D eigenvalue weighted by molar-refractivity contribution is 0.627. The number of hydrogen-bond donors (Lipinski definition) is 1. The van der Waals surface area contributed by atoms with Gasteiger partial charge in [0.15, 0.2) is 0 Å². The second kappa shape index (κ2) is 2.85. The molecule has 0 bridgehead atoms. The number of hydrogen-bond acceptors (Lipinski definition) is 2. The number of aromatic nitrogens is 2. The van der Waals surface area contributed by atoms with Gasteiger partial charge < -0.3 is 0 Å². The molecule has 1 N–H and O–H groups in total. The van der Waals surface area contributed by atoms with Crippen LogP contribution in [-0.4, -0.2) is 10.2 Å². The van der Waals surface area contributed by atoms with Gasteiger partial charge in [-0.25, -0.2) is 4.39 Å². The summed E-state index contributed by atoms with van der Waals surface area (Å²) in [6, 6.07) is 4.87. The maximum Gasteiger partial charge on any atom is 0.123 e. The average Bonchev–Trinajstić information content (AvgIpc) is 2.65. The van der Waals surface area contributed by atoms with E-state index in [1.807, 2.05) is 6.07 Å². The SMILES string of the molecule is Fc1ccc2c(c1)-c1[nH]ncc1CS2. The van der Waals surface area contributed by atoms with Gasteiger partial charge in [-0.1, -0.05) is 0 Å². The number of rotatable bonds is 0. The number of benzene rings is 1. The Balaban J connectivity index is 2.28. The zero-order valence-corrected chi connectivity index (χ0v) is 8.07. The van der Waals surface area contributed by atoms with E-state index in [4.69, 9.17) is 0 Å². The van der Waals surface area contributed by atoms with Crippen LogP contribution in [0.2, 0.25) is 0 Å². The lowest BCUT2D eigenvalue weighted by atomic mass is 10.1. The maximum absolute atomic E-state index is 13.1. The van der Waals surface area contributed by atoms with Crippen molar-refractivity contribution in [1.82, 2.24) is 10.2 Å². The summed E-state index contributed by atoms with van der Waals surface area (Å²) in [6.45, 7) is 0. The highest BCUT2D eigenvalue weighted by Gasteiger charge is 2.18. The van der Waals surface area contributed by atoms with Crippen LogP contribution in [0, 0.1) is 5.82 Å². The van der Waals surface area contributed by atoms with Gasteiger partial charge in [0.1, 0.15) is 5.82 Å². The molecule has 1 aromatic heterocycles. The van der Waals surface area contributed by atoms with Gasteiger partial charge >= 0.3 is 0 Å². The predicted octanol–water partition coefficient (Wildman–Crippen LogP) is 2.82. The van der Waals surface area contributed by atoms with Gasteiger partial charge in [-0.2, -0.15) is 5.10 Å². The molecule has 4 heteroatoms. The summed E-state index contributed by atoms with van der Waals surface area (Å²) >= 11 is 1.72. The number of aromatic amines is 1. The number of nitrogens with one attached hydrogen (secondary N) is 1. The maximum atomic E-state index is 13.1. The van der Waals surface area contributed by atoms with Crippen LogP contribution < -0.4 is 0 Å². The van der Waals surface area contributed by atoms with Crippen LogP contribution >= 0.6 is 11.8 Å². The summed E-state index contributed by atoms with van der Waals surface area (Å²) in [4.78, 5) is 1.11.